The molecule has 1 aromatic rings. The van der Waals surface area contributed by atoms with Crippen LogP contribution in [0.1, 0.15) is 37.0 Å². The Morgan fingerprint density at radius 1 is 1.33 bits per heavy atom. The van der Waals surface area contributed by atoms with Gasteiger partial charge >= 0.3 is 6.18 Å². The Hall–Kier alpha value is -1.03. The highest BCUT2D eigenvalue weighted by molar-refractivity contribution is 5.27. The number of hydrogen-bond donors (Lipinski definition) is 0. The zero-order chi connectivity index (χ0) is 11.5. The lowest BCUT2D eigenvalue weighted by atomic mass is 10.0. The van der Waals surface area contributed by atoms with Crippen LogP contribution in [0.3, 0.4) is 0 Å². The van der Waals surface area contributed by atoms with E-state index in [1.54, 1.807) is 0 Å². The van der Waals surface area contributed by atoms with Gasteiger partial charge in [0, 0.05) is 0 Å². The maximum absolute atomic E-state index is 12.3. The van der Waals surface area contributed by atoms with Crippen molar-refractivity contribution in [2.45, 2.75) is 32.0 Å². The third-order valence-electron chi connectivity index (χ3n) is 2.14. The van der Waals surface area contributed by atoms with Gasteiger partial charge in [-0.05, 0) is 24.1 Å². The summed E-state index contributed by atoms with van der Waals surface area (Å²) in [6.45, 7) is 1.83. The van der Waals surface area contributed by atoms with Gasteiger partial charge in [-0.2, -0.15) is 13.2 Å². The first-order chi connectivity index (χ1) is 6.95. The summed E-state index contributed by atoms with van der Waals surface area (Å²) < 4.78 is 36.9. The molecule has 0 amide bonds. The normalized spacial score (nSPS) is 13.9. The van der Waals surface area contributed by atoms with Crippen LogP contribution >= 0.6 is 0 Å². The molecule has 0 saturated carbocycles. The van der Waals surface area contributed by atoms with Gasteiger partial charge in [0.15, 0.2) is 0 Å². The predicted octanol–water partition coefficient (Wildman–Crippen LogP) is 3.98. The Morgan fingerprint density at radius 2 is 2.00 bits per heavy atom. The molecule has 1 rings (SSSR count). The fraction of sp³-hybridized carbons (Fsp3) is 0.455. The van der Waals surface area contributed by atoms with E-state index in [0.29, 0.717) is 12.8 Å². The monoisotopic (exact) mass is 217 g/mol. The van der Waals surface area contributed by atoms with E-state index < -0.39 is 17.8 Å². The van der Waals surface area contributed by atoms with Crippen LogP contribution in [0.2, 0.25) is 0 Å². The minimum Gasteiger partial charge on any atom is -0.228 e. The lowest BCUT2D eigenvalue weighted by molar-refractivity contribution is -0.137. The van der Waals surface area contributed by atoms with Crippen molar-refractivity contribution in [1.29, 1.82) is 0 Å². The molecule has 0 aromatic heterocycles. The van der Waals surface area contributed by atoms with Crippen LogP contribution in [-0.4, -0.2) is 0 Å². The molecule has 0 aliphatic carbocycles. The van der Waals surface area contributed by atoms with Gasteiger partial charge in [0.1, 0.15) is 6.10 Å². The zero-order valence-electron chi connectivity index (χ0n) is 8.34. The Bertz CT molecular complexity index is 320. The van der Waals surface area contributed by atoms with Crippen LogP contribution in [-0.2, 0) is 11.3 Å². The van der Waals surface area contributed by atoms with E-state index in [-0.39, 0.29) is 5.56 Å². The van der Waals surface area contributed by atoms with Crippen molar-refractivity contribution in [3.8, 4) is 0 Å². The van der Waals surface area contributed by atoms with Gasteiger partial charge in [0.25, 0.3) is 0 Å². The summed E-state index contributed by atoms with van der Waals surface area (Å²) in [6.07, 6.45) is -4.40. The molecule has 0 aliphatic heterocycles. The fourth-order valence-electron chi connectivity index (χ4n) is 1.34. The number of hydrogen-bond acceptors (Lipinski definition) is 0. The number of rotatable bonds is 3. The molecule has 0 N–H and O–H groups in total. The first kappa shape index (κ1) is 12.0. The maximum Gasteiger partial charge on any atom is 0.416 e. The molecule has 15 heavy (non-hydrogen) atoms. The van der Waals surface area contributed by atoms with Gasteiger partial charge in [-0.25, -0.2) is 5.11 Å². The quantitative estimate of drug-likeness (QED) is 0.729. The lowest BCUT2D eigenvalue weighted by Crippen LogP contribution is -2.06. The molecule has 1 nitrogen and oxygen atoms in total. The van der Waals surface area contributed by atoms with E-state index in [4.69, 9.17) is 0 Å². The largest absolute Gasteiger partial charge is 0.416 e. The van der Waals surface area contributed by atoms with Crippen LogP contribution in [0, 0.1) is 0 Å². The van der Waals surface area contributed by atoms with Crippen LogP contribution in [0.25, 0.3) is 0 Å². The molecule has 0 heterocycles. The highest BCUT2D eigenvalue weighted by Gasteiger charge is 2.30. The molecule has 0 aliphatic rings. The van der Waals surface area contributed by atoms with E-state index in [9.17, 15) is 18.3 Å². The van der Waals surface area contributed by atoms with Crippen LogP contribution < -0.4 is 0 Å². The standard InChI is InChI=1S/C11H12F3O/c1-2-4-10(15)8-5-3-6-9(7-8)11(12,13)14/h3,5-7,10H,2,4H2,1H3. The molecule has 0 fully saturated rings. The molecule has 0 saturated heterocycles. The van der Waals surface area contributed by atoms with Crippen molar-refractivity contribution in [2.75, 3.05) is 0 Å². The second-order valence-corrected chi connectivity index (χ2v) is 3.40. The minimum atomic E-state index is -4.37. The van der Waals surface area contributed by atoms with E-state index >= 15 is 0 Å². The summed E-state index contributed by atoms with van der Waals surface area (Å²) in [4.78, 5) is 0. The third-order valence-corrected chi connectivity index (χ3v) is 2.14. The number of alkyl halides is 3. The maximum atomic E-state index is 12.3. The average molecular weight is 217 g/mol. The summed E-state index contributed by atoms with van der Waals surface area (Å²) in [7, 11) is 0. The number of benzene rings is 1. The Labute approximate surface area is 86.5 Å². The second-order valence-electron chi connectivity index (χ2n) is 3.40. The van der Waals surface area contributed by atoms with Crippen LogP contribution in [0.4, 0.5) is 13.2 Å². The summed E-state index contributed by atoms with van der Waals surface area (Å²) in [5.41, 5.74) is -0.538. The molecule has 1 radical (unpaired) electrons. The molecule has 0 bridgehead atoms. The molecule has 1 atom stereocenters. The topological polar surface area (TPSA) is 19.9 Å². The van der Waals surface area contributed by atoms with Crippen molar-refractivity contribution in [2.24, 2.45) is 0 Å². The van der Waals surface area contributed by atoms with E-state index in [1.807, 2.05) is 6.92 Å². The zero-order valence-corrected chi connectivity index (χ0v) is 8.34. The van der Waals surface area contributed by atoms with E-state index in [2.05, 4.69) is 0 Å². The molecule has 1 unspecified atom stereocenters. The lowest BCUT2D eigenvalue weighted by Gasteiger charge is -2.11. The van der Waals surface area contributed by atoms with Crippen molar-refractivity contribution in [1.82, 2.24) is 0 Å². The summed E-state index contributed by atoms with van der Waals surface area (Å²) in [6, 6.07) is 4.64. The summed E-state index contributed by atoms with van der Waals surface area (Å²) in [5.74, 6) is 0. The van der Waals surface area contributed by atoms with Crippen molar-refractivity contribution >= 4 is 0 Å². The van der Waals surface area contributed by atoms with E-state index in [0.717, 1.165) is 12.1 Å². The minimum absolute atomic E-state index is 0.215. The van der Waals surface area contributed by atoms with Gasteiger partial charge in [-0.1, -0.05) is 25.5 Å². The highest BCUT2D eigenvalue weighted by Crippen LogP contribution is 2.31. The van der Waals surface area contributed by atoms with Crippen LogP contribution in [0.5, 0.6) is 0 Å². The Morgan fingerprint density at radius 3 is 2.53 bits per heavy atom. The SMILES string of the molecule is CCCC([O])c1cccc(C(F)(F)F)c1. The summed E-state index contributed by atoms with van der Waals surface area (Å²) >= 11 is 0. The van der Waals surface area contributed by atoms with Crippen molar-refractivity contribution in [3.63, 3.8) is 0 Å². The second kappa shape index (κ2) is 4.66. The van der Waals surface area contributed by atoms with Gasteiger partial charge in [0.05, 0.1) is 5.56 Å². The van der Waals surface area contributed by atoms with Crippen molar-refractivity contribution in [3.05, 3.63) is 35.4 Å². The molecule has 4 heteroatoms. The van der Waals surface area contributed by atoms with Crippen molar-refractivity contribution < 1.29 is 18.3 Å². The van der Waals surface area contributed by atoms with Crippen LogP contribution in [0.15, 0.2) is 24.3 Å². The fourth-order valence-corrected chi connectivity index (χ4v) is 1.34. The smallest absolute Gasteiger partial charge is 0.228 e. The van der Waals surface area contributed by atoms with Gasteiger partial charge in [-0.3, -0.25) is 0 Å². The van der Waals surface area contributed by atoms with Gasteiger partial charge in [0.2, 0.25) is 0 Å². The Balaban J connectivity index is 2.92. The summed E-state index contributed by atoms with van der Waals surface area (Å²) in [5, 5.41) is 11.4. The molecule has 83 valence electrons. The highest BCUT2D eigenvalue weighted by atomic mass is 19.4. The molecular weight excluding hydrogens is 205 g/mol. The first-order valence-electron chi connectivity index (χ1n) is 4.78. The predicted molar refractivity (Wildman–Crippen MR) is 49.8 cm³/mol. The van der Waals surface area contributed by atoms with E-state index in [1.165, 1.54) is 12.1 Å². The first-order valence-corrected chi connectivity index (χ1v) is 4.78. The van der Waals surface area contributed by atoms with Gasteiger partial charge in [-0.15, -0.1) is 0 Å². The molecule has 1 aromatic carbocycles. The third kappa shape index (κ3) is 3.23. The van der Waals surface area contributed by atoms with Gasteiger partial charge < -0.3 is 0 Å². The number of halogens is 3. The molecular formula is C11H12F3O. The Kier molecular flexibility index (Phi) is 3.74. The molecule has 0 spiro atoms. The average Bonchev–Trinajstić information content (AvgIpc) is 2.17.